The topological polar surface area (TPSA) is 95.5 Å². The second-order valence-corrected chi connectivity index (χ2v) is 7.82. The van der Waals surface area contributed by atoms with Gasteiger partial charge in [-0.2, -0.15) is 0 Å². The summed E-state index contributed by atoms with van der Waals surface area (Å²) in [6, 6.07) is 8.64. The van der Waals surface area contributed by atoms with Crippen LogP contribution in [-0.2, 0) is 20.8 Å². The van der Waals surface area contributed by atoms with Gasteiger partial charge in [0.15, 0.2) is 0 Å². The molecule has 0 bridgehead atoms. The van der Waals surface area contributed by atoms with Crippen molar-refractivity contribution >= 4 is 17.8 Å². The summed E-state index contributed by atoms with van der Waals surface area (Å²) >= 11 is 0. The van der Waals surface area contributed by atoms with E-state index in [1.165, 1.54) is 6.92 Å². The lowest BCUT2D eigenvalue weighted by atomic mass is 9.86. The van der Waals surface area contributed by atoms with E-state index in [1.807, 2.05) is 30.3 Å². The quantitative estimate of drug-likeness (QED) is 0.628. The highest BCUT2D eigenvalue weighted by Gasteiger charge is 2.24. The van der Waals surface area contributed by atoms with Gasteiger partial charge < -0.3 is 15.7 Å². The van der Waals surface area contributed by atoms with Crippen molar-refractivity contribution in [2.45, 2.75) is 53.0 Å². The summed E-state index contributed by atoms with van der Waals surface area (Å²) < 4.78 is 0. The van der Waals surface area contributed by atoms with Crippen LogP contribution >= 0.6 is 0 Å². The van der Waals surface area contributed by atoms with Crippen LogP contribution in [0.3, 0.4) is 0 Å². The fourth-order valence-corrected chi connectivity index (χ4v) is 2.57. The Labute approximate surface area is 155 Å². The minimum atomic E-state index is -0.923. The SMILES string of the molecule is CC(=O)N[C@@H](Cc1ccccc1)C(=O)NC[C@H](CCC(C)(C)C)C(=O)O. The van der Waals surface area contributed by atoms with Crippen molar-refractivity contribution in [2.75, 3.05) is 6.54 Å². The number of carbonyl (C=O) groups is 3. The van der Waals surface area contributed by atoms with E-state index < -0.39 is 17.9 Å². The molecule has 0 spiro atoms. The van der Waals surface area contributed by atoms with Crippen LogP contribution in [0.15, 0.2) is 30.3 Å². The van der Waals surface area contributed by atoms with E-state index in [2.05, 4.69) is 31.4 Å². The Morgan fingerprint density at radius 1 is 1.12 bits per heavy atom. The zero-order valence-corrected chi connectivity index (χ0v) is 16.0. The predicted molar refractivity (Wildman–Crippen MR) is 101 cm³/mol. The molecule has 0 unspecified atom stereocenters. The third kappa shape index (κ3) is 8.65. The molecule has 0 aromatic heterocycles. The highest BCUT2D eigenvalue weighted by atomic mass is 16.4. The van der Waals surface area contributed by atoms with Crippen LogP contribution in [0.4, 0.5) is 0 Å². The molecule has 1 aromatic carbocycles. The van der Waals surface area contributed by atoms with Gasteiger partial charge in [-0.1, -0.05) is 51.1 Å². The number of aliphatic carboxylic acids is 1. The summed E-state index contributed by atoms with van der Waals surface area (Å²) in [6.07, 6.45) is 1.59. The van der Waals surface area contributed by atoms with Crippen LogP contribution in [0.25, 0.3) is 0 Å². The van der Waals surface area contributed by atoms with E-state index in [0.29, 0.717) is 12.8 Å². The van der Waals surface area contributed by atoms with Crippen LogP contribution < -0.4 is 10.6 Å². The van der Waals surface area contributed by atoms with Crippen LogP contribution in [0, 0.1) is 11.3 Å². The lowest BCUT2D eigenvalue weighted by molar-refractivity contribution is -0.142. The average molecular weight is 362 g/mol. The second kappa shape index (κ2) is 9.94. The minimum Gasteiger partial charge on any atom is -0.481 e. The largest absolute Gasteiger partial charge is 0.481 e. The highest BCUT2D eigenvalue weighted by Crippen LogP contribution is 2.23. The molecule has 0 heterocycles. The molecule has 6 nitrogen and oxygen atoms in total. The standard InChI is InChI=1S/C20H30N2O4/c1-14(23)22-17(12-15-8-6-5-7-9-15)18(24)21-13-16(19(25)26)10-11-20(2,3)4/h5-9,16-17H,10-13H2,1-4H3,(H,21,24)(H,22,23)(H,25,26)/t16-,17-/m0/s1. The number of amides is 2. The summed E-state index contributed by atoms with van der Waals surface area (Å²) in [7, 11) is 0. The molecule has 1 rings (SSSR count). The maximum Gasteiger partial charge on any atom is 0.308 e. The van der Waals surface area contributed by atoms with E-state index in [1.54, 1.807) is 0 Å². The van der Waals surface area contributed by atoms with Gasteiger partial charge in [-0.25, -0.2) is 0 Å². The Balaban J connectivity index is 2.68. The summed E-state index contributed by atoms with van der Waals surface area (Å²) in [5, 5.41) is 14.7. The maximum absolute atomic E-state index is 12.5. The van der Waals surface area contributed by atoms with Crippen molar-refractivity contribution in [3.63, 3.8) is 0 Å². The lowest BCUT2D eigenvalue weighted by Gasteiger charge is -2.22. The van der Waals surface area contributed by atoms with Gasteiger partial charge in [0.1, 0.15) is 6.04 Å². The molecule has 2 atom stereocenters. The number of carboxylic acids is 1. The number of benzene rings is 1. The highest BCUT2D eigenvalue weighted by molar-refractivity contribution is 5.87. The molecular weight excluding hydrogens is 332 g/mol. The molecule has 144 valence electrons. The van der Waals surface area contributed by atoms with Gasteiger partial charge in [0.05, 0.1) is 5.92 Å². The second-order valence-electron chi connectivity index (χ2n) is 7.82. The van der Waals surface area contributed by atoms with Crippen molar-refractivity contribution in [3.8, 4) is 0 Å². The summed E-state index contributed by atoms with van der Waals surface area (Å²) in [5.41, 5.74) is 0.952. The summed E-state index contributed by atoms with van der Waals surface area (Å²) in [5.74, 6) is -2.24. The van der Waals surface area contributed by atoms with Crippen molar-refractivity contribution in [3.05, 3.63) is 35.9 Å². The molecule has 0 aliphatic rings. The van der Waals surface area contributed by atoms with Crippen LogP contribution in [0.5, 0.6) is 0 Å². The monoisotopic (exact) mass is 362 g/mol. The molecule has 6 heteroatoms. The smallest absolute Gasteiger partial charge is 0.308 e. The van der Waals surface area contributed by atoms with E-state index >= 15 is 0 Å². The predicted octanol–water partition coefficient (Wildman–Crippen LogP) is 2.38. The third-order valence-corrected chi connectivity index (χ3v) is 4.09. The molecule has 26 heavy (non-hydrogen) atoms. The van der Waals surface area contributed by atoms with Gasteiger partial charge in [0, 0.05) is 19.9 Å². The number of hydrogen-bond donors (Lipinski definition) is 3. The first-order chi connectivity index (χ1) is 12.1. The van der Waals surface area contributed by atoms with Gasteiger partial charge in [0.2, 0.25) is 11.8 Å². The number of rotatable bonds is 9. The lowest BCUT2D eigenvalue weighted by Crippen LogP contribution is -2.48. The Bertz CT molecular complexity index is 608. The van der Waals surface area contributed by atoms with Gasteiger partial charge in [-0.3, -0.25) is 14.4 Å². The van der Waals surface area contributed by atoms with Crippen molar-refractivity contribution < 1.29 is 19.5 Å². The van der Waals surface area contributed by atoms with Crippen LogP contribution in [0.1, 0.15) is 46.1 Å². The molecule has 0 saturated heterocycles. The number of hydrogen-bond acceptors (Lipinski definition) is 3. The molecule has 1 aromatic rings. The third-order valence-electron chi connectivity index (χ3n) is 4.09. The first kappa shape index (κ1) is 21.7. The minimum absolute atomic E-state index is 0.0315. The Kier molecular flexibility index (Phi) is 8.29. The van der Waals surface area contributed by atoms with E-state index in [0.717, 1.165) is 12.0 Å². The number of nitrogens with one attached hydrogen (secondary N) is 2. The number of carbonyl (C=O) groups excluding carboxylic acids is 2. The van der Waals surface area contributed by atoms with E-state index in [9.17, 15) is 19.5 Å². The van der Waals surface area contributed by atoms with Gasteiger partial charge in [0.25, 0.3) is 0 Å². The normalized spacial score (nSPS) is 13.5. The molecule has 0 radical (unpaired) electrons. The molecular formula is C20H30N2O4. The fourth-order valence-electron chi connectivity index (χ4n) is 2.57. The van der Waals surface area contributed by atoms with Crippen molar-refractivity contribution in [1.82, 2.24) is 10.6 Å². The Hall–Kier alpha value is -2.37. The van der Waals surface area contributed by atoms with Gasteiger partial charge >= 0.3 is 5.97 Å². The Morgan fingerprint density at radius 3 is 2.23 bits per heavy atom. The van der Waals surface area contributed by atoms with Gasteiger partial charge in [-0.15, -0.1) is 0 Å². The van der Waals surface area contributed by atoms with Crippen LogP contribution in [0.2, 0.25) is 0 Å². The molecule has 0 aliphatic carbocycles. The van der Waals surface area contributed by atoms with Crippen molar-refractivity contribution in [2.24, 2.45) is 11.3 Å². The number of carboxylic acid groups (broad SMARTS) is 1. The molecule has 0 saturated carbocycles. The van der Waals surface area contributed by atoms with Crippen LogP contribution in [-0.4, -0.2) is 35.5 Å². The molecule has 2 amide bonds. The van der Waals surface area contributed by atoms with E-state index in [-0.39, 0.29) is 23.8 Å². The summed E-state index contributed by atoms with van der Waals surface area (Å²) in [4.78, 5) is 35.4. The zero-order chi connectivity index (χ0) is 19.7. The Morgan fingerprint density at radius 2 is 1.73 bits per heavy atom. The fraction of sp³-hybridized carbons (Fsp3) is 0.550. The molecule has 0 fully saturated rings. The zero-order valence-electron chi connectivity index (χ0n) is 16.0. The maximum atomic E-state index is 12.5. The molecule has 3 N–H and O–H groups in total. The van der Waals surface area contributed by atoms with Gasteiger partial charge in [-0.05, 0) is 23.8 Å². The first-order valence-electron chi connectivity index (χ1n) is 8.90. The first-order valence-corrected chi connectivity index (χ1v) is 8.90. The van der Waals surface area contributed by atoms with E-state index in [4.69, 9.17) is 0 Å². The molecule has 0 aliphatic heterocycles. The van der Waals surface area contributed by atoms with Crippen molar-refractivity contribution in [1.29, 1.82) is 0 Å². The average Bonchev–Trinajstić information content (AvgIpc) is 2.53. The summed E-state index contributed by atoms with van der Waals surface area (Å²) in [6.45, 7) is 7.56.